The van der Waals surface area contributed by atoms with E-state index in [4.69, 9.17) is 24.7 Å². The van der Waals surface area contributed by atoms with E-state index in [0.29, 0.717) is 11.3 Å². The maximum absolute atomic E-state index is 12.9. The first kappa shape index (κ1) is 33.1. The molecule has 1 fully saturated rings. The molecule has 0 amide bonds. The van der Waals surface area contributed by atoms with Crippen LogP contribution in [0.1, 0.15) is 27.8 Å². The van der Waals surface area contributed by atoms with Crippen molar-refractivity contribution in [2.75, 3.05) is 5.73 Å². The van der Waals surface area contributed by atoms with Crippen LogP contribution in [0.25, 0.3) is 0 Å². The number of carboxylic acid groups (broad SMARTS) is 1. The van der Waals surface area contributed by atoms with Crippen LogP contribution in [0, 0.1) is 0 Å². The van der Waals surface area contributed by atoms with Crippen LogP contribution in [0.15, 0.2) is 146 Å². The standard InChI is InChI=1S/C40H39NO7/c41-34-23-21-33(22-24-34)40(47-28-32-19-11-4-12-20-32)39(25-29-13-5-1-6-14-29,46-27-31-17-9-3-10-18-31)37(35(42)36(48-40)38(43)44)45-26-30-15-7-2-8-16-30/h1-24,35-37,42H,25-28,41H2,(H,43,44)/t35-,36+,37+,39-,40-/m1/s1. The van der Waals surface area contributed by atoms with Crippen molar-refractivity contribution in [3.05, 3.63) is 173 Å². The minimum atomic E-state index is -1.93. The molecule has 1 saturated heterocycles. The quantitative estimate of drug-likeness (QED) is 0.128. The molecule has 0 radical (unpaired) electrons. The van der Waals surface area contributed by atoms with Crippen molar-refractivity contribution in [1.82, 2.24) is 0 Å². The number of benzene rings is 5. The molecule has 8 heteroatoms. The van der Waals surface area contributed by atoms with E-state index in [1.807, 2.05) is 121 Å². The van der Waals surface area contributed by atoms with Crippen molar-refractivity contribution >= 4 is 11.7 Å². The van der Waals surface area contributed by atoms with Gasteiger partial charge < -0.3 is 34.9 Å². The number of hydrogen-bond acceptors (Lipinski definition) is 7. The number of aliphatic hydroxyl groups excluding tert-OH is 1. The predicted molar refractivity (Wildman–Crippen MR) is 181 cm³/mol. The topological polar surface area (TPSA) is 120 Å². The Hall–Kier alpha value is -4.83. The molecule has 0 spiro atoms. The minimum absolute atomic E-state index is 0.0320. The van der Waals surface area contributed by atoms with E-state index in [2.05, 4.69) is 0 Å². The summed E-state index contributed by atoms with van der Waals surface area (Å²) in [6, 6.07) is 45.2. The third-order valence-corrected chi connectivity index (χ3v) is 8.67. The maximum atomic E-state index is 12.9. The Morgan fingerprint density at radius 1 is 0.646 bits per heavy atom. The Morgan fingerprint density at radius 3 is 1.60 bits per heavy atom. The van der Waals surface area contributed by atoms with Gasteiger partial charge in [0.15, 0.2) is 11.7 Å². The fraction of sp³-hybridized carbons (Fsp3) is 0.225. The van der Waals surface area contributed by atoms with Crippen LogP contribution in [-0.4, -0.2) is 40.1 Å². The molecule has 5 aromatic rings. The number of nitrogen functional groups attached to an aromatic ring is 1. The van der Waals surface area contributed by atoms with Gasteiger partial charge in [0.05, 0.1) is 19.8 Å². The number of anilines is 1. The zero-order valence-corrected chi connectivity index (χ0v) is 26.4. The Morgan fingerprint density at radius 2 is 1.10 bits per heavy atom. The zero-order valence-electron chi connectivity index (χ0n) is 26.4. The molecule has 0 saturated carbocycles. The molecule has 8 nitrogen and oxygen atoms in total. The summed E-state index contributed by atoms with van der Waals surface area (Å²) in [5.41, 5.74) is 8.82. The van der Waals surface area contributed by atoms with Gasteiger partial charge in [0.1, 0.15) is 12.2 Å². The molecule has 0 aliphatic carbocycles. The van der Waals surface area contributed by atoms with Gasteiger partial charge in [0.2, 0.25) is 5.79 Å². The summed E-state index contributed by atoms with van der Waals surface area (Å²) < 4.78 is 27.3. The second-order valence-electron chi connectivity index (χ2n) is 11.9. The SMILES string of the molecule is Nc1ccc([C@@]2(OCc3ccccc3)O[C@H](C(=O)O)[C@@H](O)[C@H](OCc3ccccc3)[C@@]2(Cc2ccccc2)OCc2ccccc2)cc1. The highest BCUT2D eigenvalue weighted by atomic mass is 16.7. The molecule has 246 valence electrons. The van der Waals surface area contributed by atoms with Crippen LogP contribution >= 0.6 is 0 Å². The third-order valence-electron chi connectivity index (χ3n) is 8.67. The molecule has 5 aromatic carbocycles. The average Bonchev–Trinajstić information content (AvgIpc) is 3.12. The molecule has 4 N–H and O–H groups in total. The van der Waals surface area contributed by atoms with E-state index in [9.17, 15) is 15.0 Å². The molecular formula is C40H39NO7. The largest absolute Gasteiger partial charge is 0.479 e. The summed E-state index contributed by atoms with van der Waals surface area (Å²) in [6.45, 7) is 0.180. The number of carbonyl (C=O) groups is 1. The monoisotopic (exact) mass is 645 g/mol. The number of nitrogens with two attached hydrogens (primary N) is 1. The van der Waals surface area contributed by atoms with Crippen molar-refractivity contribution in [1.29, 1.82) is 0 Å². The second kappa shape index (κ2) is 14.9. The summed E-state index contributed by atoms with van der Waals surface area (Å²) in [5.74, 6) is -3.29. The van der Waals surface area contributed by atoms with Gasteiger partial charge in [0, 0.05) is 17.7 Å². The van der Waals surface area contributed by atoms with Crippen molar-refractivity contribution in [2.24, 2.45) is 0 Å². The number of aliphatic carboxylic acids is 1. The first-order valence-electron chi connectivity index (χ1n) is 15.9. The van der Waals surface area contributed by atoms with E-state index in [1.54, 1.807) is 24.3 Å². The highest BCUT2D eigenvalue weighted by molar-refractivity contribution is 5.73. The molecule has 48 heavy (non-hydrogen) atoms. The zero-order chi connectivity index (χ0) is 33.4. The second-order valence-corrected chi connectivity index (χ2v) is 11.9. The Kier molecular flexibility index (Phi) is 10.3. The molecular weight excluding hydrogens is 606 g/mol. The molecule has 1 aliphatic rings. The van der Waals surface area contributed by atoms with E-state index < -0.39 is 35.7 Å². The first-order chi connectivity index (χ1) is 23.4. The summed E-state index contributed by atoms with van der Waals surface area (Å²) in [5, 5.41) is 22.5. The van der Waals surface area contributed by atoms with Crippen molar-refractivity contribution in [3.63, 3.8) is 0 Å². The number of ether oxygens (including phenoxy) is 4. The van der Waals surface area contributed by atoms with Gasteiger partial charge in [-0.3, -0.25) is 0 Å². The van der Waals surface area contributed by atoms with Crippen LogP contribution in [0.3, 0.4) is 0 Å². The van der Waals surface area contributed by atoms with E-state index in [-0.39, 0.29) is 26.2 Å². The van der Waals surface area contributed by atoms with Crippen molar-refractivity contribution in [2.45, 2.75) is 55.9 Å². The molecule has 6 rings (SSSR count). The highest BCUT2D eigenvalue weighted by Gasteiger charge is 2.69. The van der Waals surface area contributed by atoms with Gasteiger partial charge >= 0.3 is 5.97 Å². The fourth-order valence-corrected chi connectivity index (χ4v) is 6.30. The summed E-state index contributed by atoms with van der Waals surface area (Å²) in [4.78, 5) is 12.9. The smallest absolute Gasteiger partial charge is 0.335 e. The van der Waals surface area contributed by atoms with Crippen molar-refractivity contribution < 1.29 is 34.0 Å². The van der Waals surface area contributed by atoms with Gasteiger partial charge in [-0.15, -0.1) is 0 Å². The van der Waals surface area contributed by atoms with E-state index in [0.717, 1.165) is 22.3 Å². The van der Waals surface area contributed by atoms with Gasteiger partial charge in [-0.2, -0.15) is 0 Å². The normalized spacial score (nSPS) is 23.8. The lowest BCUT2D eigenvalue weighted by atomic mass is 9.72. The van der Waals surface area contributed by atoms with Gasteiger partial charge in [-0.05, 0) is 34.4 Å². The Labute approximate surface area is 280 Å². The third kappa shape index (κ3) is 7.04. The van der Waals surface area contributed by atoms with Gasteiger partial charge in [-0.25, -0.2) is 4.79 Å². The van der Waals surface area contributed by atoms with Crippen LogP contribution in [0.4, 0.5) is 5.69 Å². The molecule has 1 heterocycles. The Bertz CT molecular complexity index is 1740. The number of rotatable bonds is 13. The van der Waals surface area contributed by atoms with Crippen LogP contribution < -0.4 is 5.73 Å². The summed E-state index contributed by atoms with van der Waals surface area (Å²) in [7, 11) is 0. The Balaban J connectivity index is 1.60. The predicted octanol–water partition coefficient (Wildman–Crippen LogP) is 6.27. The van der Waals surface area contributed by atoms with Crippen molar-refractivity contribution in [3.8, 4) is 0 Å². The fourth-order valence-electron chi connectivity index (χ4n) is 6.30. The minimum Gasteiger partial charge on any atom is -0.479 e. The molecule has 5 atom stereocenters. The highest BCUT2D eigenvalue weighted by Crippen LogP contribution is 2.52. The maximum Gasteiger partial charge on any atom is 0.335 e. The van der Waals surface area contributed by atoms with E-state index >= 15 is 0 Å². The lowest BCUT2D eigenvalue weighted by Crippen LogP contribution is -2.74. The lowest BCUT2D eigenvalue weighted by Gasteiger charge is -2.58. The van der Waals surface area contributed by atoms with Gasteiger partial charge in [-0.1, -0.05) is 133 Å². The molecule has 0 bridgehead atoms. The van der Waals surface area contributed by atoms with Crippen LogP contribution in [0.5, 0.6) is 0 Å². The molecule has 0 aromatic heterocycles. The molecule has 1 aliphatic heterocycles. The lowest BCUT2D eigenvalue weighted by molar-refractivity contribution is -0.422. The summed E-state index contributed by atoms with van der Waals surface area (Å²) >= 11 is 0. The van der Waals surface area contributed by atoms with E-state index in [1.165, 1.54) is 0 Å². The van der Waals surface area contributed by atoms with Crippen LogP contribution in [-0.2, 0) is 55.8 Å². The molecule has 0 unspecified atom stereocenters. The van der Waals surface area contributed by atoms with Gasteiger partial charge in [0.25, 0.3) is 0 Å². The number of aliphatic hydroxyl groups is 1. The first-order valence-corrected chi connectivity index (χ1v) is 15.9. The number of hydrogen-bond donors (Lipinski definition) is 3. The average molecular weight is 646 g/mol. The van der Waals surface area contributed by atoms with Crippen LogP contribution in [0.2, 0.25) is 0 Å². The number of carboxylic acids is 1. The summed E-state index contributed by atoms with van der Waals surface area (Å²) in [6.07, 6.45) is -4.51.